The molecule has 1 unspecified atom stereocenters. The van der Waals surface area contributed by atoms with E-state index in [1.54, 1.807) is 0 Å². The highest BCUT2D eigenvalue weighted by atomic mass is 35.5. The van der Waals surface area contributed by atoms with E-state index in [9.17, 15) is 18.4 Å². The van der Waals surface area contributed by atoms with Gasteiger partial charge in [0.05, 0.1) is 19.1 Å². The number of nitrogens with one attached hydrogen (secondary N) is 3. The Bertz CT molecular complexity index is 326. The van der Waals surface area contributed by atoms with Gasteiger partial charge < -0.3 is 10.6 Å². The molecular weight excluding hydrogens is 268 g/mol. The van der Waals surface area contributed by atoms with Crippen molar-refractivity contribution in [2.75, 3.05) is 19.6 Å². The molecule has 0 bridgehead atoms. The van der Waals surface area contributed by atoms with Crippen molar-refractivity contribution in [3.8, 4) is 0 Å². The van der Waals surface area contributed by atoms with Gasteiger partial charge in [0.25, 0.3) is 5.92 Å². The Morgan fingerprint density at radius 3 is 2.61 bits per heavy atom. The highest BCUT2D eigenvalue weighted by molar-refractivity contribution is 5.87. The lowest BCUT2D eigenvalue weighted by atomic mass is 10.2. The highest BCUT2D eigenvalue weighted by Gasteiger charge is 2.42. The monoisotopic (exact) mass is 283 g/mol. The molecule has 104 valence electrons. The van der Waals surface area contributed by atoms with E-state index in [2.05, 4.69) is 22.5 Å². The van der Waals surface area contributed by atoms with Crippen LogP contribution >= 0.6 is 12.4 Å². The van der Waals surface area contributed by atoms with Gasteiger partial charge in [0.15, 0.2) is 0 Å². The second kappa shape index (κ2) is 7.27. The zero-order chi connectivity index (χ0) is 12.9. The smallest absolute Gasteiger partial charge is 0.262 e. The van der Waals surface area contributed by atoms with Crippen molar-refractivity contribution in [3.63, 3.8) is 0 Å². The summed E-state index contributed by atoms with van der Waals surface area (Å²) < 4.78 is 25.6. The van der Waals surface area contributed by atoms with E-state index in [-0.39, 0.29) is 24.9 Å². The molecule has 2 amide bonds. The molecule has 1 rings (SSSR count). The van der Waals surface area contributed by atoms with Gasteiger partial charge in [-0.1, -0.05) is 6.08 Å². The van der Waals surface area contributed by atoms with Crippen LogP contribution in [0, 0.1) is 0 Å². The zero-order valence-electron chi connectivity index (χ0n) is 9.67. The molecule has 1 saturated heterocycles. The summed E-state index contributed by atoms with van der Waals surface area (Å²) in [5.74, 6) is -3.83. The molecular formula is C10H16ClF2N3O2. The van der Waals surface area contributed by atoms with E-state index in [4.69, 9.17) is 0 Å². The number of amides is 2. The number of alkyl halides is 2. The molecule has 0 aromatic carbocycles. The summed E-state index contributed by atoms with van der Waals surface area (Å²) >= 11 is 0. The van der Waals surface area contributed by atoms with Crippen LogP contribution in [0.25, 0.3) is 0 Å². The minimum atomic E-state index is -2.85. The van der Waals surface area contributed by atoms with Crippen molar-refractivity contribution < 1.29 is 18.4 Å². The SMILES string of the molecule is C=CCNC(=O)CNC(=O)C1CC(F)(F)CN1.Cl. The normalized spacial score (nSPS) is 20.7. The Balaban J connectivity index is 0.00000289. The van der Waals surface area contributed by atoms with Gasteiger partial charge in [-0.2, -0.15) is 0 Å². The topological polar surface area (TPSA) is 70.2 Å². The molecule has 0 aromatic heterocycles. The first kappa shape index (κ1) is 16.8. The lowest BCUT2D eigenvalue weighted by molar-refractivity contribution is -0.127. The van der Waals surface area contributed by atoms with Crippen LogP contribution < -0.4 is 16.0 Å². The van der Waals surface area contributed by atoms with Gasteiger partial charge in [-0.05, 0) is 0 Å². The molecule has 5 nitrogen and oxygen atoms in total. The average molecular weight is 284 g/mol. The molecule has 0 saturated carbocycles. The number of rotatable bonds is 5. The minimum absolute atomic E-state index is 0. The van der Waals surface area contributed by atoms with Crippen molar-refractivity contribution in [3.05, 3.63) is 12.7 Å². The first-order chi connectivity index (χ1) is 7.94. The fraction of sp³-hybridized carbons (Fsp3) is 0.600. The van der Waals surface area contributed by atoms with Crippen LogP contribution in [0.15, 0.2) is 12.7 Å². The third kappa shape index (κ3) is 5.42. The van der Waals surface area contributed by atoms with Crippen LogP contribution in [0.4, 0.5) is 8.78 Å². The van der Waals surface area contributed by atoms with Crippen molar-refractivity contribution in [1.82, 2.24) is 16.0 Å². The van der Waals surface area contributed by atoms with Crippen LogP contribution in [-0.2, 0) is 9.59 Å². The fourth-order valence-corrected chi connectivity index (χ4v) is 1.44. The minimum Gasteiger partial charge on any atom is -0.351 e. The van der Waals surface area contributed by atoms with Crippen molar-refractivity contribution in [2.45, 2.75) is 18.4 Å². The van der Waals surface area contributed by atoms with Crippen molar-refractivity contribution in [1.29, 1.82) is 0 Å². The number of halogens is 3. The van der Waals surface area contributed by atoms with Crippen molar-refractivity contribution in [2.24, 2.45) is 0 Å². The van der Waals surface area contributed by atoms with Crippen LogP contribution in [-0.4, -0.2) is 43.4 Å². The van der Waals surface area contributed by atoms with Crippen molar-refractivity contribution >= 4 is 24.2 Å². The first-order valence-electron chi connectivity index (χ1n) is 5.21. The third-order valence-corrected chi connectivity index (χ3v) is 2.29. The van der Waals surface area contributed by atoms with Gasteiger partial charge in [-0.15, -0.1) is 19.0 Å². The molecule has 0 aliphatic carbocycles. The Labute approximate surface area is 110 Å². The molecule has 8 heteroatoms. The summed E-state index contributed by atoms with van der Waals surface area (Å²) in [5, 5.41) is 7.15. The summed E-state index contributed by atoms with van der Waals surface area (Å²) in [4.78, 5) is 22.5. The molecule has 1 aliphatic rings. The summed E-state index contributed by atoms with van der Waals surface area (Å²) in [7, 11) is 0. The summed E-state index contributed by atoms with van der Waals surface area (Å²) in [6.45, 7) is 2.98. The second-order valence-electron chi connectivity index (χ2n) is 3.80. The fourth-order valence-electron chi connectivity index (χ4n) is 1.44. The van der Waals surface area contributed by atoms with Crippen LogP contribution in [0.2, 0.25) is 0 Å². The van der Waals surface area contributed by atoms with Gasteiger partial charge in [0.2, 0.25) is 11.8 Å². The van der Waals surface area contributed by atoms with Gasteiger partial charge >= 0.3 is 0 Å². The highest BCUT2D eigenvalue weighted by Crippen LogP contribution is 2.24. The van der Waals surface area contributed by atoms with E-state index >= 15 is 0 Å². The molecule has 0 aromatic rings. The lowest BCUT2D eigenvalue weighted by Crippen LogP contribution is -2.44. The van der Waals surface area contributed by atoms with E-state index in [0.29, 0.717) is 6.54 Å². The summed E-state index contributed by atoms with van der Waals surface area (Å²) in [5.41, 5.74) is 0. The predicted molar refractivity (Wildman–Crippen MR) is 64.8 cm³/mol. The number of hydrogen-bond donors (Lipinski definition) is 3. The van der Waals surface area contributed by atoms with Gasteiger partial charge in [-0.25, -0.2) is 8.78 Å². The first-order valence-corrected chi connectivity index (χ1v) is 5.21. The standard InChI is InChI=1S/C10H15F2N3O2.ClH/c1-2-3-13-8(16)5-14-9(17)7-4-10(11,12)6-15-7;/h2,7,15H,1,3-6H2,(H,13,16)(H,14,17);1H. The summed E-state index contributed by atoms with van der Waals surface area (Å²) in [6, 6.07) is -0.933. The quantitative estimate of drug-likeness (QED) is 0.613. The Morgan fingerprint density at radius 1 is 1.44 bits per heavy atom. The second-order valence-corrected chi connectivity index (χ2v) is 3.80. The molecule has 1 fully saturated rings. The zero-order valence-corrected chi connectivity index (χ0v) is 10.5. The maximum Gasteiger partial charge on any atom is 0.262 e. The molecule has 1 aliphatic heterocycles. The van der Waals surface area contributed by atoms with Crippen LogP contribution in [0.3, 0.4) is 0 Å². The van der Waals surface area contributed by atoms with Crippen LogP contribution in [0.1, 0.15) is 6.42 Å². The molecule has 1 heterocycles. The van der Waals surface area contributed by atoms with Crippen LogP contribution in [0.5, 0.6) is 0 Å². The number of hydrogen-bond acceptors (Lipinski definition) is 3. The Kier molecular flexibility index (Phi) is 6.79. The molecule has 0 spiro atoms. The third-order valence-electron chi connectivity index (χ3n) is 2.29. The van der Waals surface area contributed by atoms with Gasteiger partial charge in [0.1, 0.15) is 0 Å². The maximum absolute atomic E-state index is 12.8. The van der Waals surface area contributed by atoms with E-state index in [0.717, 1.165) is 0 Å². The van der Waals surface area contributed by atoms with Gasteiger partial charge in [-0.3, -0.25) is 14.9 Å². The molecule has 18 heavy (non-hydrogen) atoms. The van der Waals surface area contributed by atoms with E-state index < -0.39 is 30.8 Å². The van der Waals surface area contributed by atoms with E-state index in [1.807, 2.05) is 0 Å². The molecule has 0 radical (unpaired) electrons. The lowest BCUT2D eigenvalue weighted by Gasteiger charge is -2.10. The summed E-state index contributed by atoms with van der Waals surface area (Å²) in [6.07, 6.45) is 0.964. The molecule has 1 atom stereocenters. The van der Waals surface area contributed by atoms with E-state index in [1.165, 1.54) is 6.08 Å². The largest absolute Gasteiger partial charge is 0.351 e. The Morgan fingerprint density at radius 2 is 2.11 bits per heavy atom. The number of carbonyl (C=O) groups is 2. The Hall–Kier alpha value is -1.21. The predicted octanol–water partition coefficient (Wildman–Crippen LogP) is -0.176. The number of carbonyl (C=O) groups excluding carboxylic acids is 2. The molecule has 3 N–H and O–H groups in total. The average Bonchev–Trinajstić information content (AvgIpc) is 2.63. The van der Waals surface area contributed by atoms with Gasteiger partial charge in [0, 0.05) is 13.0 Å². The maximum atomic E-state index is 12.8.